The number of benzene rings is 2. The van der Waals surface area contributed by atoms with E-state index in [1.807, 2.05) is 18.2 Å². The molecule has 0 amide bonds. The molecule has 0 aliphatic carbocycles. The average molecular weight is 358 g/mol. The van der Waals surface area contributed by atoms with Gasteiger partial charge in [-0.05, 0) is 49.1 Å². The summed E-state index contributed by atoms with van der Waals surface area (Å²) < 4.78 is 16.2. The lowest BCUT2D eigenvalue weighted by Gasteiger charge is -2.17. The van der Waals surface area contributed by atoms with Crippen LogP contribution in [-0.4, -0.2) is 40.5 Å². The summed E-state index contributed by atoms with van der Waals surface area (Å²) in [6, 6.07) is 14.7. The number of rotatable bonds is 11. The van der Waals surface area contributed by atoms with Crippen LogP contribution in [-0.2, 0) is 12.8 Å². The molecule has 26 heavy (non-hydrogen) atoms. The van der Waals surface area contributed by atoms with Crippen molar-refractivity contribution >= 4 is 0 Å². The third-order valence-corrected chi connectivity index (χ3v) is 4.41. The fraction of sp³-hybridized carbons (Fsp3) is 0.429. The number of hydrogen-bond acceptors (Lipinski definition) is 5. The zero-order valence-electron chi connectivity index (χ0n) is 16.0. The van der Waals surface area contributed by atoms with E-state index >= 15 is 0 Å². The van der Waals surface area contributed by atoms with Gasteiger partial charge in [0, 0.05) is 12.6 Å². The first kappa shape index (κ1) is 20.1. The molecule has 142 valence electrons. The van der Waals surface area contributed by atoms with Gasteiger partial charge in [0.25, 0.3) is 0 Å². The monoisotopic (exact) mass is 358 g/mol. The molecule has 0 bridgehead atoms. The smallest absolute Gasteiger partial charge is 0.203 e. The van der Waals surface area contributed by atoms with Crippen molar-refractivity contribution in [3.8, 4) is 17.2 Å². The Kier molecular flexibility index (Phi) is 8.25. The van der Waals surface area contributed by atoms with Gasteiger partial charge in [0.05, 0.1) is 21.3 Å². The van der Waals surface area contributed by atoms with E-state index < -0.39 is 0 Å². The van der Waals surface area contributed by atoms with Gasteiger partial charge in [0.15, 0.2) is 11.5 Å². The highest BCUT2D eigenvalue weighted by Gasteiger charge is 2.13. The Morgan fingerprint density at radius 3 is 2.12 bits per heavy atom. The summed E-state index contributed by atoms with van der Waals surface area (Å²) in [5.41, 5.74) is 8.38. The number of nitrogens with two attached hydrogens (primary N) is 1. The van der Waals surface area contributed by atoms with Crippen LogP contribution in [0.15, 0.2) is 42.5 Å². The number of methoxy groups -OCH3 is 3. The van der Waals surface area contributed by atoms with Crippen molar-refractivity contribution in [1.82, 2.24) is 5.32 Å². The minimum absolute atomic E-state index is 0.289. The molecule has 5 heteroatoms. The molecule has 1 unspecified atom stereocenters. The molecule has 2 rings (SSSR count). The topological polar surface area (TPSA) is 65.7 Å². The second kappa shape index (κ2) is 10.7. The third kappa shape index (κ3) is 5.64. The van der Waals surface area contributed by atoms with Crippen molar-refractivity contribution in [1.29, 1.82) is 0 Å². The standard InChI is InChI=1S/C21H30N2O3/c1-24-19-13-17(14-20(25-2)21(19)26-3)10-7-11-23-18(15-22)12-16-8-5-4-6-9-16/h4-6,8-9,13-14,18,23H,7,10-12,15,22H2,1-3H3. The molecule has 0 saturated heterocycles. The number of hydrogen-bond donors (Lipinski definition) is 2. The molecule has 0 spiro atoms. The molecule has 0 saturated carbocycles. The van der Waals surface area contributed by atoms with Gasteiger partial charge in [-0.1, -0.05) is 30.3 Å². The Balaban J connectivity index is 1.86. The maximum atomic E-state index is 5.91. The highest BCUT2D eigenvalue weighted by molar-refractivity contribution is 5.53. The molecular formula is C21H30N2O3. The summed E-state index contributed by atoms with van der Waals surface area (Å²) >= 11 is 0. The molecule has 2 aromatic rings. The summed E-state index contributed by atoms with van der Waals surface area (Å²) in [6.07, 6.45) is 2.87. The normalized spacial score (nSPS) is 11.8. The van der Waals surface area contributed by atoms with Crippen LogP contribution in [0.4, 0.5) is 0 Å². The Bertz CT molecular complexity index is 637. The molecule has 0 fully saturated rings. The molecule has 1 atom stereocenters. The van der Waals surface area contributed by atoms with Gasteiger partial charge >= 0.3 is 0 Å². The van der Waals surface area contributed by atoms with Gasteiger partial charge in [-0.15, -0.1) is 0 Å². The van der Waals surface area contributed by atoms with Gasteiger partial charge < -0.3 is 25.3 Å². The van der Waals surface area contributed by atoms with Gasteiger partial charge in [0.1, 0.15) is 0 Å². The Hall–Kier alpha value is -2.24. The van der Waals surface area contributed by atoms with Crippen molar-refractivity contribution < 1.29 is 14.2 Å². The second-order valence-corrected chi connectivity index (χ2v) is 6.21. The molecule has 3 N–H and O–H groups in total. The van der Waals surface area contributed by atoms with Crippen molar-refractivity contribution in [3.63, 3.8) is 0 Å². The first-order valence-electron chi connectivity index (χ1n) is 8.98. The zero-order chi connectivity index (χ0) is 18.8. The van der Waals surface area contributed by atoms with Gasteiger partial charge in [0.2, 0.25) is 5.75 Å². The third-order valence-electron chi connectivity index (χ3n) is 4.41. The van der Waals surface area contributed by atoms with E-state index in [1.54, 1.807) is 21.3 Å². The summed E-state index contributed by atoms with van der Waals surface area (Å²) in [5.74, 6) is 2.01. The van der Waals surface area contributed by atoms with Crippen LogP contribution in [0.1, 0.15) is 17.5 Å². The first-order chi connectivity index (χ1) is 12.7. The first-order valence-corrected chi connectivity index (χ1v) is 8.98. The minimum atomic E-state index is 0.289. The Labute approximate surface area is 156 Å². The molecule has 0 aromatic heterocycles. The van der Waals surface area contributed by atoms with Crippen LogP contribution in [0, 0.1) is 0 Å². The number of ether oxygens (including phenoxy) is 3. The predicted molar refractivity (Wildman–Crippen MR) is 105 cm³/mol. The van der Waals surface area contributed by atoms with E-state index in [9.17, 15) is 0 Å². The summed E-state index contributed by atoms with van der Waals surface area (Å²) in [6.45, 7) is 1.53. The van der Waals surface area contributed by atoms with E-state index in [2.05, 4.69) is 29.6 Å². The summed E-state index contributed by atoms with van der Waals surface area (Å²) in [4.78, 5) is 0. The lowest BCUT2D eigenvalue weighted by molar-refractivity contribution is 0.323. The van der Waals surface area contributed by atoms with Gasteiger partial charge in [-0.25, -0.2) is 0 Å². The fourth-order valence-corrected chi connectivity index (χ4v) is 3.02. The zero-order valence-corrected chi connectivity index (χ0v) is 16.0. The van der Waals surface area contributed by atoms with E-state index in [1.165, 1.54) is 5.56 Å². The maximum absolute atomic E-state index is 5.91. The fourth-order valence-electron chi connectivity index (χ4n) is 3.02. The summed E-state index contributed by atoms with van der Waals surface area (Å²) in [7, 11) is 4.89. The number of aryl methyl sites for hydroxylation is 1. The van der Waals surface area contributed by atoms with Crippen molar-refractivity contribution in [2.45, 2.75) is 25.3 Å². The highest BCUT2D eigenvalue weighted by atomic mass is 16.5. The van der Waals surface area contributed by atoms with E-state index in [4.69, 9.17) is 19.9 Å². The number of nitrogens with one attached hydrogen (secondary N) is 1. The van der Waals surface area contributed by atoms with E-state index in [0.29, 0.717) is 23.8 Å². The second-order valence-electron chi connectivity index (χ2n) is 6.21. The lowest BCUT2D eigenvalue weighted by atomic mass is 10.1. The lowest BCUT2D eigenvalue weighted by Crippen LogP contribution is -2.38. The average Bonchev–Trinajstić information content (AvgIpc) is 2.70. The van der Waals surface area contributed by atoms with E-state index in [-0.39, 0.29) is 6.04 Å². The van der Waals surface area contributed by atoms with Crippen LogP contribution in [0.5, 0.6) is 17.2 Å². The quantitative estimate of drug-likeness (QED) is 0.605. The predicted octanol–water partition coefficient (Wildman–Crippen LogP) is 2.80. The van der Waals surface area contributed by atoms with Crippen LogP contribution < -0.4 is 25.3 Å². The highest BCUT2D eigenvalue weighted by Crippen LogP contribution is 2.38. The molecule has 0 heterocycles. The largest absolute Gasteiger partial charge is 0.493 e. The van der Waals surface area contributed by atoms with Crippen LogP contribution in [0.3, 0.4) is 0 Å². The molecule has 5 nitrogen and oxygen atoms in total. The van der Waals surface area contributed by atoms with Crippen LogP contribution in [0.2, 0.25) is 0 Å². The van der Waals surface area contributed by atoms with Crippen molar-refractivity contribution in [2.75, 3.05) is 34.4 Å². The Morgan fingerprint density at radius 1 is 0.923 bits per heavy atom. The van der Waals surface area contributed by atoms with Gasteiger partial charge in [-0.3, -0.25) is 0 Å². The van der Waals surface area contributed by atoms with Crippen molar-refractivity contribution in [3.05, 3.63) is 53.6 Å². The minimum Gasteiger partial charge on any atom is -0.493 e. The molecular weight excluding hydrogens is 328 g/mol. The maximum Gasteiger partial charge on any atom is 0.203 e. The molecule has 0 aliphatic rings. The summed E-state index contributed by atoms with van der Waals surface area (Å²) in [5, 5.41) is 3.56. The Morgan fingerprint density at radius 2 is 1.58 bits per heavy atom. The SMILES string of the molecule is COc1cc(CCCNC(CN)Cc2ccccc2)cc(OC)c1OC. The van der Waals surface area contributed by atoms with Crippen molar-refractivity contribution in [2.24, 2.45) is 5.73 Å². The van der Waals surface area contributed by atoms with Crippen LogP contribution in [0.25, 0.3) is 0 Å². The van der Waals surface area contributed by atoms with Gasteiger partial charge in [-0.2, -0.15) is 0 Å². The molecule has 2 aromatic carbocycles. The van der Waals surface area contributed by atoms with E-state index in [0.717, 1.165) is 31.4 Å². The molecule has 0 aliphatic heterocycles. The van der Waals surface area contributed by atoms with Crippen LogP contribution >= 0.6 is 0 Å². The molecule has 0 radical (unpaired) electrons.